The van der Waals surface area contributed by atoms with Gasteiger partial charge in [0.2, 0.25) is 8.32 Å². The first-order chi connectivity index (χ1) is 12.2. The lowest BCUT2D eigenvalue weighted by atomic mass is 10.2. The summed E-state index contributed by atoms with van der Waals surface area (Å²) in [6.45, 7) is 21.8. The second-order valence-electron chi connectivity index (χ2n) is 9.01. The van der Waals surface area contributed by atoms with E-state index >= 15 is 0 Å². The van der Waals surface area contributed by atoms with Crippen LogP contribution in [-0.4, -0.2) is 36.1 Å². The van der Waals surface area contributed by atoms with E-state index in [0.29, 0.717) is 30.4 Å². The smallest absolute Gasteiger partial charge is 0.244 e. The van der Waals surface area contributed by atoms with Crippen LogP contribution < -0.4 is 4.74 Å². The molecule has 0 bridgehead atoms. The molecule has 152 valence electrons. The Hall–Kier alpha value is -1.45. The van der Waals surface area contributed by atoms with Crippen LogP contribution in [0.15, 0.2) is 35.7 Å². The van der Waals surface area contributed by atoms with Gasteiger partial charge in [0.15, 0.2) is 14.2 Å². The van der Waals surface area contributed by atoms with E-state index in [0.717, 1.165) is 0 Å². The van der Waals surface area contributed by atoms with Crippen molar-refractivity contribution < 1.29 is 18.0 Å². The second kappa shape index (κ2) is 9.16. The monoisotopic (exact) mass is 411 g/mol. The summed E-state index contributed by atoms with van der Waals surface area (Å²) >= 11 is 0. The molecule has 0 saturated heterocycles. The van der Waals surface area contributed by atoms with Crippen molar-refractivity contribution >= 4 is 22.8 Å². The highest BCUT2D eigenvalue weighted by Gasteiger charge is 2.36. The van der Waals surface area contributed by atoms with E-state index in [1.54, 1.807) is 6.07 Å². The Kier molecular flexibility index (Phi) is 8.01. The van der Waals surface area contributed by atoms with Gasteiger partial charge in [-0.3, -0.25) is 0 Å². The molecule has 0 aliphatic rings. The molecule has 0 amide bonds. The number of nitrogens with zero attached hydrogens (tertiary/aromatic N) is 1. The van der Waals surface area contributed by atoms with Gasteiger partial charge in [0.05, 0.1) is 6.61 Å². The number of aliphatic imine (C=N–C) groups is 1. The predicted molar refractivity (Wildman–Crippen MR) is 116 cm³/mol. The molecule has 1 rings (SSSR count). The standard InChI is InChI=1S/C20H34FNO3Si2/c1-16(25-26(5,6)7)22-15-17-14-18(21)10-11-19(17)23-12-13-24-27(8,9)20(2,3)4/h10-11,14-15H,1,12-13H2,2-9H3. The Bertz CT molecular complexity index is 677. The van der Waals surface area contributed by atoms with Gasteiger partial charge in [-0.2, -0.15) is 0 Å². The molecular formula is C20H34FNO3Si2. The zero-order valence-electron chi connectivity index (χ0n) is 18.0. The molecule has 0 spiro atoms. The summed E-state index contributed by atoms with van der Waals surface area (Å²) in [5.41, 5.74) is 0.544. The lowest BCUT2D eigenvalue weighted by molar-refractivity contribution is 0.203. The van der Waals surface area contributed by atoms with Gasteiger partial charge in [0, 0.05) is 11.8 Å². The summed E-state index contributed by atoms with van der Waals surface area (Å²) in [5, 5.41) is 0.150. The molecule has 0 aliphatic carbocycles. The SMILES string of the molecule is C=C(N=Cc1cc(F)ccc1OCCO[Si](C)(C)C(C)(C)C)O[Si](C)(C)C. The van der Waals surface area contributed by atoms with E-state index in [1.807, 2.05) is 19.6 Å². The number of benzene rings is 1. The van der Waals surface area contributed by atoms with Crippen LogP contribution >= 0.6 is 0 Å². The van der Waals surface area contributed by atoms with Crippen LogP contribution in [0.1, 0.15) is 26.3 Å². The van der Waals surface area contributed by atoms with E-state index in [9.17, 15) is 4.39 Å². The molecule has 0 saturated carbocycles. The Morgan fingerprint density at radius 2 is 1.78 bits per heavy atom. The minimum atomic E-state index is -1.81. The first-order valence-electron chi connectivity index (χ1n) is 9.19. The Morgan fingerprint density at radius 1 is 1.15 bits per heavy atom. The van der Waals surface area contributed by atoms with Gasteiger partial charge in [0.1, 0.15) is 18.2 Å². The van der Waals surface area contributed by atoms with Gasteiger partial charge < -0.3 is 13.6 Å². The van der Waals surface area contributed by atoms with Gasteiger partial charge in [-0.05, 0) is 62.6 Å². The quantitative estimate of drug-likeness (QED) is 0.218. The zero-order chi connectivity index (χ0) is 20.9. The molecule has 0 aliphatic heterocycles. The maximum Gasteiger partial charge on any atom is 0.244 e. The van der Waals surface area contributed by atoms with Crippen LogP contribution in [0.3, 0.4) is 0 Å². The summed E-state index contributed by atoms with van der Waals surface area (Å²) in [5.74, 6) is 0.531. The summed E-state index contributed by atoms with van der Waals surface area (Å²) < 4.78 is 31.2. The minimum absolute atomic E-state index is 0.150. The van der Waals surface area contributed by atoms with Crippen LogP contribution in [0.2, 0.25) is 37.8 Å². The van der Waals surface area contributed by atoms with Crippen LogP contribution in [0.4, 0.5) is 4.39 Å². The highest BCUT2D eigenvalue weighted by Crippen LogP contribution is 2.36. The molecule has 1 aromatic rings. The molecule has 4 nitrogen and oxygen atoms in total. The molecule has 0 aromatic heterocycles. The van der Waals surface area contributed by atoms with Crippen molar-refractivity contribution in [2.24, 2.45) is 4.99 Å². The van der Waals surface area contributed by atoms with Gasteiger partial charge in [0.25, 0.3) is 0 Å². The van der Waals surface area contributed by atoms with Crippen molar-refractivity contribution in [2.45, 2.75) is 58.5 Å². The molecule has 0 fully saturated rings. The number of rotatable bonds is 9. The van der Waals surface area contributed by atoms with Gasteiger partial charge >= 0.3 is 0 Å². The molecule has 1 aromatic carbocycles. The fourth-order valence-corrected chi connectivity index (χ4v) is 3.72. The summed E-state index contributed by atoms with van der Waals surface area (Å²) in [6, 6.07) is 4.36. The summed E-state index contributed by atoms with van der Waals surface area (Å²) in [4.78, 5) is 4.20. The summed E-state index contributed by atoms with van der Waals surface area (Å²) in [7, 11) is -3.58. The molecule has 0 atom stereocenters. The number of ether oxygens (including phenoxy) is 1. The third-order valence-corrected chi connectivity index (χ3v) is 9.74. The lowest BCUT2D eigenvalue weighted by Gasteiger charge is -2.36. The number of halogens is 1. The van der Waals surface area contributed by atoms with Crippen LogP contribution in [0, 0.1) is 5.82 Å². The average molecular weight is 412 g/mol. The fraction of sp³-hybridized carbons (Fsp3) is 0.550. The number of hydrogen-bond acceptors (Lipinski definition) is 4. The van der Waals surface area contributed by atoms with Crippen molar-refractivity contribution in [3.8, 4) is 5.75 Å². The van der Waals surface area contributed by atoms with Gasteiger partial charge in [-0.25, -0.2) is 9.38 Å². The van der Waals surface area contributed by atoms with Crippen LogP contribution in [0.5, 0.6) is 5.75 Å². The molecule has 0 radical (unpaired) electrons. The minimum Gasteiger partial charge on any atom is -0.532 e. The maximum absolute atomic E-state index is 13.6. The fourth-order valence-electron chi connectivity index (χ4n) is 1.94. The van der Waals surface area contributed by atoms with Gasteiger partial charge in [-0.1, -0.05) is 20.8 Å². The van der Waals surface area contributed by atoms with Gasteiger partial charge in [-0.15, -0.1) is 0 Å². The highest BCUT2D eigenvalue weighted by atomic mass is 28.4. The average Bonchev–Trinajstić information content (AvgIpc) is 2.48. The Labute approximate surface area is 165 Å². The van der Waals surface area contributed by atoms with E-state index in [-0.39, 0.29) is 10.9 Å². The maximum atomic E-state index is 13.6. The molecule has 0 heterocycles. The second-order valence-corrected chi connectivity index (χ2v) is 18.2. The largest absolute Gasteiger partial charge is 0.532 e. The van der Waals surface area contributed by atoms with Crippen molar-refractivity contribution in [1.82, 2.24) is 0 Å². The Morgan fingerprint density at radius 3 is 2.33 bits per heavy atom. The summed E-state index contributed by atoms with van der Waals surface area (Å²) in [6.07, 6.45) is 1.52. The third-order valence-electron chi connectivity index (χ3n) is 4.35. The molecule has 27 heavy (non-hydrogen) atoms. The Balaban J connectivity index is 2.73. The zero-order valence-corrected chi connectivity index (χ0v) is 20.0. The normalized spacial score (nSPS) is 13.1. The van der Waals surface area contributed by atoms with E-state index in [4.69, 9.17) is 13.6 Å². The van der Waals surface area contributed by atoms with Crippen LogP contribution in [0.25, 0.3) is 0 Å². The van der Waals surface area contributed by atoms with E-state index < -0.39 is 16.6 Å². The number of hydrogen-bond donors (Lipinski definition) is 0. The first-order valence-corrected chi connectivity index (χ1v) is 15.5. The van der Waals surface area contributed by atoms with E-state index in [2.05, 4.69) is 45.4 Å². The highest BCUT2D eigenvalue weighted by molar-refractivity contribution is 6.74. The van der Waals surface area contributed by atoms with Crippen molar-refractivity contribution in [2.75, 3.05) is 13.2 Å². The first kappa shape index (κ1) is 23.6. The lowest BCUT2D eigenvalue weighted by Crippen LogP contribution is -2.41. The molecule has 0 N–H and O–H groups in total. The third kappa shape index (κ3) is 8.40. The molecular weight excluding hydrogens is 377 g/mol. The van der Waals surface area contributed by atoms with E-state index in [1.165, 1.54) is 18.3 Å². The van der Waals surface area contributed by atoms with Crippen molar-refractivity contribution in [1.29, 1.82) is 0 Å². The predicted octanol–water partition coefficient (Wildman–Crippen LogP) is 5.97. The topological polar surface area (TPSA) is 40.0 Å². The van der Waals surface area contributed by atoms with Crippen LogP contribution in [-0.2, 0) is 8.85 Å². The van der Waals surface area contributed by atoms with Crippen molar-refractivity contribution in [3.63, 3.8) is 0 Å². The molecule has 0 unspecified atom stereocenters. The van der Waals surface area contributed by atoms with Crippen molar-refractivity contribution in [3.05, 3.63) is 42.0 Å². The molecule has 7 heteroatoms.